The average Bonchev–Trinajstić information content (AvgIpc) is 3.17. The van der Waals surface area contributed by atoms with Crippen LogP contribution in [-0.2, 0) is 21.2 Å². The van der Waals surface area contributed by atoms with Gasteiger partial charge in [0.2, 0.25) is 10.0 Å². The average molecular weight is 551 g/mol. The van der Waals surface area contributed by atoms with Crippen molar-refractivity contribution in [2.75, 3.05) is 62.5 Å². The third-order valence-electron chi connectivity index (χ3n) is 5.36. The molecule has 1 saturated heterocycles. The van der Waals surface area contributed by atoms with Crippen LogP contribution in [0.2, 0.25) is 0 Å². The Bertz CT molecular complexity index is 799. The van der Waals surface area contributed by atoms with E-state index in [-0.39, 0.29) is 29.7 Å². The molecule has 1 aromatic rings. The first-order valence-corrected chi connectivity index (χ1v) is 12.0. The van der Waals surface area contributed by atoms with Crippen molar-refractivity contribution in [1.82, 2.24) is 15.5 Å². The number of morpholine rings is 1. The molecule has 1 unspecified atom stereocenters. The third-order valence-corrected chi connectivity index (χ3v) is 7.13. The van der Waals surface area contributed by atoms with Crippen molar-refractivity contribution in [3.05, 3.63) is 29.8 Å². The van der Waals surface area contributed by atoms with E-state index in [1.54, 1.807) is 0 Å². The number of guanidine groups is 1. The van der Waals surface area contributed by atoms with Crippen LogP contribution >= 0.6 is 24.0 Å². The number of rotatable bonds is 8. The molecule has 30 heavy (non-hydrogen) atoms. The predicted molar refractivity (Wildman–Crippen MR) is 133 cm³/mol. The minimum Gasteiger partial charge on any atom is -0.379 e. The van der Waals surface area contributed by atoms with E-state index in [1.807, 2.05) is 31.2 Å². The van der Waals surface area contributed by atoms with Gasteiger partial charge in [0.05, 0.1) is 31.2 Å². The zero-order valence-electron chi connectivity index (χ0n) is 17.8. The number of hydrogen-bond acceptors (Lipinski definition) is 5. The summed E-state index contributed by atoms with van der Waals surface area (Å²) in [6, 6.07) is 8.03. The molecule has 0 bridgehead atoms. The minimum absolute atomic E-state index is 0. The zero-order chi connectivity index (χ0) is 20.7. The van der Waals surface area contributed by atoms with Crippen molar-refractivity contribution in [2.24, 2.45) is 4.99 Å². The number of nitrogens with zero attached hydrogens (tertiary/aromatic N) is 3. The van der Waals surface area contributed by atoms with E-state index in [9.17, 15) is 8.42 Å². The topological polar surface area (TPSA) is 86.3 Å². The number of fused-ring (bicyclic) bond motifs is 1. The molecule has 0 aliphatic carbocycles. The highest BCUT2D eigenvalue weighted by molar-refractivity contribution is 14.0. The number of ether oxygens (including phenoxy) is 1. The number of benzene rings is 1. The smallest absolute Gasteiger partial charge is 0.236 e. The summed E-state index contributed by atoms with van der Waals surface area (Å²) in [4.78, 5) is 7.01. The lowest BCUT2D eigenvalue weighted by Gasteiger charge is -2.31. The second-order valence-electron chi connectivity index (χ2n) is 7.41. The number of anilines is 1. The van der Waals surface area contributed by atoms with E-state index in [0.717, 1.165) is 50.5 Å². The van der Waals surface area contributed by atoms with Gasteiger partial charge in [-0.3, -0.25) is 14.2 Å². The Morgan fingerprint density at radius 1 is 1.20 bits per heavy atom. The van der Waals surface area contributed by atoms with Crippen LogP contribution in [0.4, 0.5) is 5.69 Å². The van der Waals surface area contributed by atoms with Gasteiger partial charge in [-0.15, -0.1) is 24.0 Å². The Labute approximate surface area is 197 Å². The van der Waals surface area contributed by atoms with E-state index in [1.165, 1.54) is 4.31 Å². The summed E-state index contributed by atoms with van der Waals surface area (Å²) in [6.45, 7) is 9.77. The number of sulfonamides is 1. The van der Waals surface area contributed by atoms with Gasteiger partial charge >= 0.3 is 0 Å². The van der Waals surface area contributed by atoms with Crippen LogP contribution in [0.25, 0.3) is 0 Å². The van der Waals surface area contributed by atoms with Gasteiger partial charge in [-0.2, -0.15) is 0 Å². The Kier molecular flexibility index (Phi) is 10.1. The van der Waals surface area contributed by atoms with Crippen LogP contribution in [0.5, 0.6) is 0 Å². The van der Waals surface area contributed by atoms with Crippen LogP contribution < -0.4 is 14.9 Å². The molecule has 2 aliphatic rings. The molecular weight excluding hydrogens is 517 g/mol. The van der Waals surface area contributed by atoms with Crippen molar-refractivity contribution in [2.45, 2.75) is 26.3 Å². The summed E-state index contributed by atoms with van der Waals surface area (Å²) in [7, 11) is -3.37. The SMILES string of the molecule is CCNC(=NCC(C)N1CCOCC1)NCCS(=O)(=O)N1CCc2ccccc21.I. The molecule has 1 aromatic carbocycles. The van der Waals surface area contributed by atoms with E-state index < -0.39 is 10.0 Å². The molecule has 0 spiro atoms. The minimum atomic E-state index is -3.37. The van der Waals surface area contributed by atoms with E-state index in [0.29, 0.717) is 31.6 Å². The van der Waals surface area contributed by atoms with Gasteiger partial charge in [0.1, 0.15) is 0 Å². The van der Waals surface area contributed by atoms with Gasteiger partial charge in [-0.05, 0) is 31.9 Å². The van der Waals surface area contributed by atoms with Crippen molar-refractivity contribution >= 4 is 45.6 Å². The lowest BCUT2D eigenvalue weighted by Crippen LogP contribution is -2.45. The summed E-state index contributed by atoms with van der Waals surface area (Å²) in [5.41, 5.74) is 1.91. The normalized spacial score (nSPS) is 18.5. The fourth-order valence-electron chi connectivity index (χ4n) is 3.70. The van der Waals surface area contributed by atoms with Gasteiger partial charge < -0.3 is 15.4 Å². The van der Waals surface area contributed by atoms with Crippen LogP contribution in [0, 0.1) is 0 Å². The highest BCUT2D eigenvalue weighted by Crippen LogP contribution is 2.29. The standard InChI is InChI=1S/C20H33N5O3S.HI/c1-3-21-20(23-16-17(2)24-11-13-28-14-12-24)22-9-15-29(26,27)25-10-8-18-6-4-5-7-19(18)25;/h4-7,17H,3,8-16H2,1-2H3,(H2,21,22,23);1H. The van der Waals surface area contributed by atoms with Crippen LogP contribution in [0.3, 0.4) is 0 Å². The molecule has 2 N–H and O–H groups in total. The Morgan fingerprint density at radius 2 is 1.93 bits per heavy atom. The van der Waals surface area contributed by atoms with Gasteiger partial charge in [-0.1, -0.05) is 18.2 Å². The lowest BCUT2D eigenvalue weighted by molar-refractivity contribution is 0.0220. The number of para-hydroxylation sites is 1. The second kappa shape index (κ2) is 12.1. The number of halogens is 1. The van der Waals surface area contributed by atoms with Gasteiger partial charge in [0, 0.05) is 38.8 Å². The number of hydrogen-bond donors (Lipinski definition) is 2. The van der Waals surface area contributed by atoms with E-state index >= 15 is 0 Å². The zero-order valence-corrected chi connectivity index (χ0v) is 21.0. The summed E-state index contributed by atoms with van der Waals surface area (Å²) in [5.74, 6) is 0.690. The van der Waals surface area contributed by atoms with Gasteiger partial charge in [-0.25, -0.2) is 8.42 Å². The van der Waals surface area contributed by atoms with Gasteiger partial charge in [0.15, 0.2) is 5.96 Å². The number of nitrogens with one attached hydrogen (secondary N) is 2. The molecule has 10 heteroatoms. The number of aliphatic imine (C=N–C) groups is 1. The first-order chi connectivity index (χ1) is 14.0. The quantitative estimate of drug-likeness (QED) is 0.288. The second-order valence-corrected chi connectivity index (χ2v) is 9.42. The van der Waals surface area contributed by atoms with Crippen LogP contribution in [-0.4, -0.2) is 83.6 Å². The van der Waals surface area contributed by atoms with E-state index in [2.05, 4.69) is 27.4 Å². The monoisotopic (exact) mass is 551 g/mol. The molecule has 0 saturated carbocycles. The maximum absolute atomic E-state index is 12.8. The lowest BCUT2D eigenvalue weighted by atomic mass is 10.2. The Morgan fingerprint density at radius 3 is 2.67 bits per heavy atom. The molecule has 170 valence electrons. The molecule has 8 nitrogen and oxygen atoms in total. The molecule has 3 rings (SSSR count). The summed E-state index contributed by atoms with van der Waals surface area (Å²) < 4.78 is 32.6. The summed E-state index contributed by atoms with van der Waals surface area (Å²) >= 11 is 0. The molecule has 0 aromatic heterocycles. The summed E-state index contributed by atoms with van der Waals surface area (Å²) in [5, 5.41) is 6.37. The van der Waals surface area contributed by atoms with E-state index in [4.69, 9.17) is 4.74 Å². The maximum atomic E-state index is 12.8. The largest absolute Gasteiger partial charge is 0.379 e. The summed E-state index contributed by atoms with van der Waals surface area (Å²) in [6.07, 6.45) is 0.770. The first-order valence-electron chi connectivity index (χ1n) is 10.4. The molecule has 1 fully saturated rings. The molecular formula is C20H34IN5O3S. The molecule has 0 amide bonds. The fourth-order valence-corrected chi connectivity index (χ4v) is 5.13. The third kappa shape index (κ3) is 6.69. The Balaban J connectivity index is 0.00000320. The predicted octanol–water partition coefficient (Wildman–Crippen LogP) is 1.27. The van der Waals surface area contributed by atoms with Crippen molar-refractivity contribution in [1.29, 1.82) is 0 Å². The van der Waals surface area contributed by atoms with Crippen LogP contribution in [0.15, 0.2) is 29.3 Å². The highest BCUT2D eigenvalue weighted by atomic mass is 127. The first kappa shape index (κ1) is 25.2. The van der Waals surface area contributed by atoms with Gasteiger partial charge in [0.25, 0.3) is 0 Å². The highest BCUT2D eigenvalue weighted by Gasteiger charge is 2.28. The van der Waals surface area contributed by atoms with Crippen molar-refractivity contribution in [3.8, 4) is 0 Å². The molecule has 2 aliphatic heterocycles. The van der Waals surface area contributed by atoms with Crippen LogP contribution in [0.1, 0.15) is 19.4 Å². The van der Waals surface area contributed by atoms with Crippen molar-refractivity contribution < 1.29 is 13.2 Å². The molecule has 1 atom stereocenters. The van der Waals surface area contributed by atoms with Crippen molar-refractivity contribution in [3.63, 3.8) is 0 Å². The fraction of sp³-hybridized carbons (Fsp3) is 0.650. The maximum Gasteiger partial charge on any atom is 0.236 e. The molecule has 0 radical (unpaired) electrons. The molecule has 2 heterocycles. The Hall–Kier alpha value is -1.11.